The molecular formula is C23H30O. The fraction of sp³-hybridized carbons (Fsp3) is 0.522. The van der Waals surface area contributed by atoms with E-state index in [2.05, 4.69) is 17.8 Å². The summed E-state index contributed by atoms with van der Waals surface area (Å²) in [6.07, 6.45) is 20.9. The van der Waals surface area contributed by atoms with Crippen molar-refractivity contribution in [3.8, 4) is 24.2 Å². The van der Waals surface area contributed by atoms with E-state index < -0.39 is 0 Å². The lowest BCUT2D eigenvalue weighted by Gasteiger charge is -2.01. The Morgan fingerprint density at radius 3 is 1.92 bits per heavy atom. The van der Waals surface area contributed by atoms with Crippen LogP contribution in [0.15, 0.2) is 24.3 Å². The molecule has 0 saturated heterocycles. The quantitative estimate of drug-likeness (QED) is 0.256. The number of rotatable bonds is 12. The Balaban J connectivity index is 1.95. The smallest absolute Gasteiger partial charge is 0.151 e. The lowest BCUT2D eigenvalue weighted by atomic mass is 10.0. The first-order valence-corrected chi connectivity index (χ1v) is 9.35. The molecule has 0 radical (unpaired) electrons. The summed E-state index contributed by atoms with van der Waals surface area (Å²) in [5, 5.41) is 0. The van der Waals surface area contributed by atoms with Crippen LogP contribution in [0.4, 0.5) is 0 Å². The molecule has 0 saturated carbocycles. The minimum Gasteiger partial charge on any atom is -0.298 e. The largest absolute Gasteiger partial charge is 0.298 e. The van der Waals surface area contributed by atoms with Crippen molar-refractivity contribution in [2.75, 3.05) is 0 Å². The van der Waals surface area contributed by atoms with Gasteiger partial charge in [-0.2, -0.15) is 0 Å². The second-order valence-electron chi connectivity index (χ2n) is 6.25. The van der Waals surface area contributed by atoms with E-state index in [4.69, 9.17) is 6.42 Å². The third-order valence-electron chi connectivity index (χ3n) is 4.18. The van der Waals surface area contributed by atoms with Gasteiger partial charge in [0.05, 0.1) is 0 Å². The third kappa shape index (κ3) is 9.91. The van der Waals surface area contributed by atoms with E-state index in [1.165, 1.54) is 57.8 Å². The van der Waals surface area contributed by atoms with E-state index in [0.717, 1.165) is 31.1 Å². The number of carbonyl (C=O) groups excluding carboxylic acids is 1. The second-order valence-corrected chi connectivity index (χ2v) is 6.25. The van der Waals surface area contributed by atoms with Gasteiger partial charge in [-0.1, -0.05) is 81.4 Å². The molecule has 0 spiro atoms. The summed E-state index contributed by atoms with van der Waals surface area (Å²) in [6.45, 7) is 0. The predicted molar refractivity (Wildman–Crippen MR) is 103 cm³/mol. The Hall–Kier alpha value is -1.99. The lowest BCUT2D eigenvalue weighted by molar-refractivity contribution is 0.112. The van der Waals surface area contributed by atoms with Crippen molar-refractivity contribution in [1.29, 1.82) is 0 Å². The van der Waals surface area contributed by atoms with Crippen molar-refractivity contribution >= 4 is 6.29 Å². The van der Waals surface area contributed by atoms with Crippen LogP contribution in [0, 0.1) is 24.2 Å². The van der Waals surface area contributed by atoms with Gasteiger partial charge in [-0.3, -0.25) is 4.79 Å². The van der Waals surface area contributed by atoms with Crippen LogP contribution in [0.5, 0.6) is 0 Å². The van der Waals surface area contributed by atoms with E-state index in [9.17, 15) is 4.79 Å². The number of hydrogen-bond acceptors (Lipinski definition) is 1. The zero-order valence-electron chi connectivity index (χ0n) is 14.9. The number of hydrogen-bond donors (Lipinski definition) is 0. The molecule has 0 aromatic heterocycles. The van der Waals surface area contributed by atoms with E-state index in [-0.39, 0.29) is 0 Å². The summed E-state index contributed by atoms with van der Waals surface area (Å²) in [7, 11) is 0. The highest BCUT2D eigenvalue weighted by Gasteiger charge is 1.95. The minimum absolute atomic E-state index is 0.685. The van der Waals surface area contributed by atoms with E-state index in [1.807, 2.05) is 24.3 Å². The van der Waals surface area contributed by atoms with Gasteiger partial charge in [-0.15, -0.1) is 12.3 Å². The van der Waals surface area contributed by atoms with Crippen LogP contribution in [0.1, 0.15) is 93.0 Å². The maximum atomic E-state index is 10.9. The molecule has 0 N–H and O–H groups in total. The van der Waals surface area contributed by atoms with Crippen LogP contribution < -0.4 is 0 Å². The molecule has 0 aliphatic heterocycles. The van der Waals surface area contributed by atoms with Gasteiger partial charge in [0, 0.05) is 24.0 Å². The Labute approximate surface area is 148 Å². The predicted octanol–water partition coefficient (Wildman–Crippen LogP) is 6.17. The van der Waals surface area contributed by atoms with Gasteiger partial charge >= 0.3 is 0 Å². The first-order valence-electron chi connectivity index (χ1n) is 9.35. The van der Waals surface area contributed by atoms with Crippen molar-refractivity contribution in [3.05, 3.63) is 35.4 Å². The molecule has 0 aliphatic carbocycles. The fourth-order valence-electron chi connectivity index (χ4n) is 2.73. The summed E-state index contributed by atoms with van der Waals surface area (Å²) in [5.41, 5.74) is 1.53. The zero-order valence-corrected chi connectivity index (χ0v) is 14.9. The Kier molecular flexibility index (Phi) is 12.2. The summed E-state index contributed by atoms with van der Waals surface area (Å²) < 4.78 is 0. The number of terminal acetylenes is 1. The summed E-state index contributed by atoms with van der Waals surface area (Å²) in [6, 6.07) is 7.51. The first kappa shape index (κ1) is 20.1. The molecule has 0 atom stereocenters. The Morgan fingerprint density at radius 1 is 0.792 bits per heavy atom. The SMILES string of the molecule is C#CCCCCCCCCCCCCC#Cc1ccccc1C=O. The molecule has 24 heavy (non-hydrogen) atoms. The van der Waals surface area contributed by atoms with Crippen LogP contribution in [0.2, 0.25) is 0 Å². The Morgan fingerprint density at radius 2 is 1.33 bits per heavy atom. The third-order valence-corrected chi connectivity index (χ3v) is 4.18. The summed E-state index contributed by atoms with van der Waals surface area (Å²) in [5.74, 6) is 9.00. The van der Waals surface area contributed by atoms with Crippen LogP contribution in [-0.2, 0) is 0 Å². The molecule has 0 fully saturated rings. The van der Waals surface area contributed by atoms with E-state index in [0.29, 0.717) is 5.56 Å². The molecule has 1 rings (SSSR count). The van der Waals surface area contributed by atoms with Crippen molar-refractivity contribution in [3.63, 3.8) is 0 Å². The molecule has 0 heterocycles. The van der Waals surface area contributed by atoms with Gasteiger partial charge in [-0.25, -0.2) is 0 Å². The van der Waals surface area contributed by atoms with Crippen molar-refractivity contribution in [2.45, 2.75) is 77.0 Å². The zero-order chi connectivity index (χ0) is 17.3. The van der Waals surface area contributed by atoms with Crippen LogP contribution >= 0.6 is 0 Å². The van der Waals surface area contributed by atoms with Gasteiger partial charge in [-0.05, 0) is 18.9 Å². The van der Waals surface area contributed by atoms with E-state index >= 15 is 0 Å². The molecule has 0 bridgehead atoms. The van der Waals surface area contributed by atoms with Crippen molar-refractivity contribution in [1.82, 2.24) is 0 Å². The normalized spacial score (nSPS) is 9.79. The lowest BCUT2D eigenvalue weighted by Crippen LogP contribution is -1.85. The standard InChI is InChI=1S/C23H30O/c1-2-3-4-5-6-7-8-9-10-11-12-13-14-15-18-22-19-16-17-20-23(22)21-24/h1,16-17,19-21H,3-14H2. The van der Waals surface area contributed by atoms with Gasteiger partial charge in [0.1, 0.15) is 0 Å². The van der Waals surface area contributed by atoms with E-state index in [1.54, 1.807) is 0 Å². The number of carbonyl (C=O) groups is 1. The topological polar surface area (TPSA) is 17.1 Å². The molecule has 128 valence electrons. The average molecular weight is 322 g/mol. The van der Waals surface area contributed by atoms with Crippen molar-refractivity contribution in [2.24, 2.45) is 0 Å². The van der Waals surface area contributed by atoms with Crippen LogP contribution in [0.25, 0.3) is 0 Å². The number of benzene rings is 1. The summed E-state index contributed by atoms with van der Waals surface area (Å²) in [4.78, 5) is 10.9. The number of aldehydes is 1. The van der Waals surface area contributed by atoms with Gasteiger partial charge in [0.2, 0.25) is 0 Å². The maximum absolute atomic E-state index is 10.9. The maximum Gasteiger partial charge on any atom is 0.151 e. The molecule has 0 amide bonds. The molecule has 1 aromatic carbocycles. The first-order chi connectivity index (χ1) is 11.9. The monoisotopic (exact) mass is 322 g/mol. The Bertz CT molecular complexity index is 553. The van der Waals surface area contributed by atoms with Gasteiger partial charge in [0.25, 0.3) is 0 Å². The minimum atomic E-state index is 0.685. The van der Waals surface area contributed by atoms with Crippen molar-refractivity contribution < 1.29 is 4.79 Å². The fourth-order valence-corrected chi connectivity index (χ4v) is 2.73. The molecule has 1 heteroatoms. The van der Waals surface area contributed by atoms with Crippen LogP contribution in [-0.4, -0.2) is 6.29 Å². The summed E-state index contributed by atoms with van der Waals surface area (Å²) >= 11 is 0. The molecule has 0 unspecified atom stereocenters. The molecule has 1 nitrogen and oxygen atoms in total. The van der Waals surface area contributed by atoms with Gasteiger partial charge in [0.15, 0.2) is 6.29 Å². The molecule has 1 aromatic rings. The van der Waals surface area contributed by atoms with Crippen LogP contribution in [0.3, 0.4) is 0 Å². The highest BCUT2D eigenvalue weighted by Crippen LogP contribution is 2.12. The average Bonchev–Trinajstić information content (AvgIpc) is 2.62. The molecular weight excluding hydrogens is 292 g/mol. The number of unbranched alkanes of at least 4 members (excludes halogenated alkanes) is 11. The second kappa shape index (κ2) is 14.6. The molecule has 0 aliphatic rings. The highest BCUT2D eigenvalue weighted by atomic mass is 16.1. The van der Waals surface area contributed by atoms with Gasteiger partial charge < -0.3 is 0 Å². The highest BCUT2D eigenvalue weighted by molar-refractivity contribution is 5.79.